The zero-order valence-corrected chi connectivity index (χ0v) is 9.13. The van der Waals surface area contributed by atoms with Gasteiger partial charge in [-0.2, -0.15) is 0 Å². The molecule has 1 aromatic heterocycles. The minimum Gasteiger partial charge on any atom is -0.348 e. The van der Waals surface area contributed by atoms with E-state index < -0.39 is 0 Å². The van der Waals surface area contributed by atoms with Crippen molar-refractivity contribution in [2.45, 2.75) is 25.2 Å². The highest BCUT2D eigenvalue weighted by atomic mass is 19.1. The average molecular weight is 216 g/mol. The molecule has 0 bridgehead atoms. The van der Waals surface area contributed by atoms with E-state index in [0.717, 1.165) is 24.1 Å². The van der Waals surface area contributed by atoms with Crippen LogP contribution in [0.25, 0.3) is 0 Å². The molecule has 1 unspecified atom stereocenters. The molecule has 1 aliphatic rings. The lowest BCUT2D eigenvalue weighted by atomic mass is 9.84. The Morgan fingerprint density at radius 3 is 2.88 bits per heavy atom. The number of aromatic amines is 1. The molecule has 0 fully saturated rings. The Hall–Kier alpha value is -1.64. The van der Waals surface area contributed by atoms with Crippen LogP contribution < -0.4 is 0 Å². The van der Waals surface area contributed by atoms with Gasteiger partial charge >= 0.3 is 0 Å². The largest absolute Gasteiger partial charge is 0.348 e. The summed E-state index contributed by atoms with van der Waals surface area (Å²) >= 11 is 0. The Morgan fingerprint density at radius 1 is 1.31 bits per heavy atom. The predicted molar refractivity (Wildman–Crippen MR) is 59.7 cm³/mol. The maximum absolute atomic E-state index is 13.1. The lowest BCUT2D eigenvalue weighted by Crippen LogP contribution is -2.22. The van der Waals surface area contributed by atoms with E-state index in [0.29, 0.717) is 0 Å². The third kappa shape index (κ3) is 1.35. The van der Waals surface area contributed by atoms with Gasteiger partial charge in [-0.3, -0.25) is 0 Å². The van der Waals surface area contributed by atoms with Crippen LogP contribution in [-0.4, -0.2) is 9.97 Å². The van der Waals surface area contributed by atoms with E-state index in [4.69, 9.17) is 0 Å². The van der Waals surface area contributed by atoms with E-state index in [-0.39, 0.29) is 11.2 Å². The number of hydrogen-bond acceptors (Lipinski definition) is 1. The number of nitrogens with zero attached hydrogens (tertiary/aromatic N) is 1. The van der Waals surface area contributed by atoms with Gasteiger partial charge in [0.1, 0.15) is 5.82 Å². The summed E-state index contributed by atoms with van der Waals surface area (Å²) in [7, 11) is 0. The molecule has 1 aromatic carbocycles. The molecule has 0 saturated carbocycles. The van der Waals surface area contributed by atoms with Gasteiger partial charge in [0.05, 0.1) is 6.33 Å². The summed E-state index contributed by atoms with van der Waals surface area (Å²) in [5.41, 5.74) is 3.53. The molecule has 1 atom stereocenters. The Kier molecular flexibility index (Phi) is 1.90. The summed E-state index contributed by atoms with van der Waals surface area (Å²) in [6.45, 7) is 2.19. The first-order chi connectivity index (χ1) is 7.67. The number of halogens is 1. The fraction of sp³-hybridized carbons (Fsp3) is 0.308. The van der Waals surface area contributed by atoms with Crippen molar-refractivity contribution in [3.63, 3.8) is 0 Å². The number of fused-ring (bicyclic) bond motifs is 1. The van der Waals surface area contributed by atoms with E-state index in [1.807, 2.05) is 12.3 Å². The Morgan fingerprint density at radius 2 is 2.12 bits per heavy atom. The second kappa shape index (κ2) is 3.17. The summed E-state index contributed by atoms with van der Waals surface area (Å²) in [5, 5.41) is 0. The molecule has 1 heterocycles. The van der Waals surface area contributed by atoms with E-state index in [1.165, 1.54) is 11.6 Å². The molecular formula is C13H13FN2. The van der Waals surface area contributed by atoms with Gasteiger partial charge in [-0.15, -0.1) is 0 Å². The highest BCUT2D eigenvalue weighted by Gasteiger charge is 2.35. The molecule has 0 spiro atoms. The maximum Gasteiger partial charge on any atom is 0.123 e. The highest BCUT2D eigenvalue weighted by molar-refractivity contribution is 5.39. The number of hydrogen-bond donors (Lipinski definition) is 1. The van der Waals surface area contributed by atoms with Crippen molar-refractivity contribution in [1.29, 1.82) is 0 Å². The summed E-state index contributed by atoms with van der Waals surface area (Å²) in [4.78, 5) is 7.23. The molecule has 16 heavy (non-hydrogen) atoms. The van der Waals surface area contributed by atoms with Gasteiger partial charge in [0.15, 0.2) is 0 Å². The quantitative estimate of drug-likeness (QED) is 0.779. The lowest BCUT2D eigenvalue weighted by Gasteiger charge is -2.21. The third-order valence-corrected chi connectivity index (χ3v) is 3.48. The second-order valence-electron chi connectivity index (χ2n) is 4.79. The first-order valence-electron chi connectivity index (χ1n) is 5.43. The van der Waals surface area contributed by atoms with E-state index >= 15 is 0 Å². The van der Waals surface area contributed by atoms with Gasteiger partial charge in [0, 0.05) is 17.3 Å². The number of nitrogens with one attached hydrogen (secondary N) is 1. The summed E-state index contributed by atoms with van der Waals surface area (Å²) in [6, 6.07) is 5.08. The second-order valence-corrected chi connectivity index (χ2v) is 4.79. The van der Waals surface area contributed by atoms with Crippen molar-refractivity contribution in [3.05, 3.63) is 53.4 Å². The van der Waals surface area contributed by atoms with Crippen LogP contribution in [-0.2, 0) is 18.3 Å². The minimum atomic E-state index is -0.146. The fourth-order valence-electron chi connectivity index (χ4n) is 2.61. The van der Waals surface area contributed by atoms with Crippen molar-refractivity contribution in [1.82, 2.24) is 9.97 Å². The van der Waals surface area contributed by atoms with Crippen LogP contribution in [0.4, 0.5) is 4.39 Å². The summed E-state index contributed by atoms with van der Waals surface area (Å²) in [5.74, 6) is -0.146. The normalized spacial score (nSPS) is 23.4. The van der Waals surface area contributed by atoms with Crippen LogP contribution in [0, 0.1) is 5.82 Å². The Balaban J connectivity index is 2.01. The van der Waals surface area contributed by atoms with E-state index in [2.05, 4.69) is 16.9 Å². The zero-order valence-electron chi connectivity index (χ0n) is 9.13. The Labute approximate surface area is 93.5 Å². The predicted octanol–water partition coefficient (Wildman–Crippen LogP) is 2.61. The molecule has 2 aromatic rings. The molecule has 3 rings (SSSR count). The molecule has 0 aliphatic heterocycles. The number of aromatic nitrogens is 2. The molecule has 0 amide bonds. The van der Waals surface area contributed by atoms with Crippen molar-refractivity contribution < 1.29 is 4.39 Å². The molecule has 0 saturated heterocycles. The average Bonchev–Trinajstić information content (AvgIpc) is 2.83. The number of benzene rings is 1. The summed E-state index contributed by atoms with van der Waals surface area (Å²) < 4.78 is 13.1. The van der Waals surface area contributed by atoms with Crippen molar-refractivity contribution in [2.75, 3.05) is 0 Å². The highest BCUT2D eigenvalue weighted by Crippen LogP contribution is 2.38. The molecule has 0 radical (unpaired) electrons. The van der Waals surface area contributed by atoms with Gasteiger partial charge in [-0.25, -0.2) is 9.37 Å². The summed E-state index contributed by atoms with van der Waals surface area (Å²) in [6.07, 6.45) is 5.39. The number of imidazole rings is 1. The topological polar surface area (TPSA) is 28.7 Å². The minimum absolute atomic E-state index is 0.0344. The standard InChI is InChI=1S/C13H13FN2/c1-13(12-7-15-8-16-12)5-9-2-3-11(14)4-10(9)6-13/h2-4,7-8H,5-6H2,1H3,(H,15,16). The van der Waals surface area contributed by atoms with Crippen LogP contribution in [0.2, 0.25) is 0 Å². The maximum atomic E-state index is 13.1. The van der Waals surface area contributed by atoms with Crippen LogP contribution in [0.5, 0.6) is 0 Å². The van der Waals surface area contributed by atoms with Crippen LogP contribution in [0.1, 0.15) is 23.7 Å². The first-order valence-corrected chi connectivity index (χ1v) is 5.43. The van der Waals surface area contributed by atoms with Gasteiger partial charge < -0.3 is 4.98 Å². The Bertz CT molecular complexity index is 519. The lowest BCUT2D eigenvalue weighted by molar-refractivity contribution is 0.489. The molecule has 1 aliphatic carbocycles. The molecule has 2 nitrogen and oxygen atoms in total. The van der Waals surface area contributed by atoms with Gasteiger partial charge in [0.2, 0.25) is 0 Å². The van der Waals surface area contributed by atoms with Gasteiger partial charge in [-0.1, -0.05) is 13.0 Å². The first kappa shape index (κ1) is 9.58. The van der Waals surface area contributed by atoms with Gasteiger partial charge in [-0.05, 0) is 36.1 Å². The zero-order chi connectivity index (χ0) is 11.2. The van der Waals surface area contributed by atoms with Crippen LogP contribution >= 0.6 is 0 Å². The molecule has 3 heteroatoms. The van der Waals surface area contributed by atoms with E-state index in [1.54, 1.807) is 12.4 Å². The molecular weight excluding hydrogens is 203 g/mol. The van der Waals surface area contributed by atoms with Crippen molar-refractivity contribution >= 4 is 0 Å². The van der Waals surface area contributed by atoms with E-state index in [9.17, 15) is 4.39 Å². The molecule has 82 valence electrons. The third-order valence-electron chi connectivity index (χ3n) is 3.48. The van der Waals surface area contributed by atoms with Crippen LogP contribution in [0.15, 0.2) is 30.7 Å². The monoisotopic (exact) mass is 216 g/mol. The number of H-pyrrole nitrogens is 1. The smallest absolute Gasteiger partial charge is 0.123 e. The number of rotatable bonds is 1. The van der Waals surface area contributed by atoms with Crippen molar-refractivity contribution in [3.8, 4) is 0 Å². The van der Waals surface area contributed by atoms with Gasteiger partial charge in [0.25, 0.3) is 0 Å². The van der Waals surface area contributed by atoms with Crippen LogP contribution in [0.3, 0.4) is 0 Å². The molecule has 1 N–H and O–H groups in total. The SMILES string of the molecule is CC1(c2cnc[nH]2)Cc2ccc(F)cc2C1. The fourth-order valence-corrected chi connectivity index (χ4v) is 2.61. The van der Waals surface area contributed by atoms with Crippen molar-refractivity contribution in [2.24, 2.45) is 0 Å².